The third-order valence-corrected chi connectivity index (χ3v) is 5.02. The molecule has 0 saturated heterocycles. The van der Waals surface area contributed by atoms with Gasteiger partial charge in [-0.05, 0) is 39.5 Å². The number of hydrogen-bond acceptors (Lipinski definition) is 6. The van der Waals surface area contributed by atoms with Crippen molar-refractivity contribution in [3.05, 3.63) is 34.2 Å². The Labute approximate surface area is 139 Å². The predicted molar refractivity (Wildman–Crippen MR) is 87.8 cm³/mol. The molecule has 0 aromatic carbocycles. The average molecular weight is 332 g/mol. The van der Waals surface area contributed by atoms with Crippen molar-refractivity contribution < 1.29 is 9.53 Å². The molecular weight excluding hydrogens is 312 g/mol. The number of rotatable bonds is 4. The van der Waals surface area contributed by atoms with Gasteiger partial charge in [-0.3, -0.25) is 9.78 Å². The van der Waals surface area contributed by atoms with Crippen LogP contribution in [0.4, 0.5) is 0 Å². The molecule has 122 valence electrons. The molecule has 0 bridgehead atoms. The summed E-state index contributed by atoms with van der Waals surface area (Å²) < 4.78 is 5.82. The number of carbonyl (C=O) groups is 1. The van der Waals surface area contributed by atoms with Crippen molar-refractivity contribution in [1.82, 2.24) is 20.3 Å². The molecular formula is C16H20N4O2S. The summed E-state index contributed by atoms with van der Waals surface area (Å²) >= 11 is 1.45. The first-order valence-corrected chi connectivity index (χ1v) is 8.61. The number of hydrogen-bond donors (Lipinski definition) is 1. The van der Waals surface area contributed by atoms with E-state index in [9.17, 15) is 4.79 Å². The van der Waals surface area contributed by atoms with E-state index in [4.69, 9.17) is 4.74 Å². The Bertz CT molecular complexity index is 666. The molecule has 2 aromatic rings. The van der Waals surface area contributed by atoms with Crippen molar-refractivity contribution in [3.63, 3.8) is 0 Å². The normalized spacial score (nSPS) is 21.0. The summed E-state index contributed by atoms with van der Waals surface area (Å²) in [6.07, 6.45) is 8.66. The molecule has 1 saturated carbocycles. The van der Waals surface area contributed by atoms with Gasteiger partial charge in [0.15, 0.2) is 0 Å². The zero-order valence-electron chi connectivity index (χ0n) is 13.3. The Hall–Kier alpha value is -2.02. The third kappa shape index (κ3) is 4.04. The van der Waals surface area contributed by atoms with E-state index in [-0.39, 0.29) is 18.1 Å². The fourth-order valence-electron chi connectivity index (χ4n) is 2.83. The first-order valence-electron chi connectivity index (χ1n) is 7.79. The van der Waals surface area contributed by atoms with Gasteiger partial charge in [0, 0.05) is 18.4 Å². The highest BCUT2D eigenvalue weighted by Gasteiger charge is 2.25. The van der Waals surface area contributed by atoms with Crippen LogP contribution in [-0.4, -0.2) is 33.0 Å². The van der Waals surface area contributed by atoms with Gasteiger partial charge in [-0.2, -0.15) is 0 Å². The highest BCUT2D eigenvalue weighted by atomic mass is 32.1. The average Bonchev–Trinajstić information content (AvgIpc) is 2.89. The minimum Gasteiger partial charge on any atom is -0.473 e. The van der Waals surface area contributed by atoms with Crippen molar-refractivity contribution in [2.24, 2.45) is 0 Å². The molecule has 0 unspecified atom stereocenters. The molecule has 1 aliphatic carbocycles. The van der Waals surface area contributed by atoms with Crippen molar-refractivity contribution in [1.29, 1.82) is 0 Å². The monoisotopic (exact) mass is 332 g/mol. The van der Waals surface area contributed by atoms with Gasteiger partial charge in [0.1, 0.15) is 11.0 Å². The highest BCUT2D eigenvalue weighted by Crippen LogP contribution is 2.24. The Kier molecular flexibility index (Phi) is 4.85. The first-order chi connectivity index (χ1) is 11.1. The van der Waals surface area contributed by atoms with Crippen molar-refractivity contribution in [3.8, 4) is 5.88 Å². The maximum atomic E-state index is 12.3. The van der Waals surface area contributed by atoms with E-state index in [1.807, 2.05) is 13.8 Å². The Morgan fingerprint density at radius 2 is 2.04 bits per heavy atom. The Morgan fingerprint density at radius 1 is 1.26 bits per heavy atom. The fraction of sp³-hybridized carbons (Fsp3) is 0.500. The van der Waals surface area contributed by atoms with Crippen LogP contribution in [0.15, 0.2) is 18.6 Å². The minimum absolute atomic E-state index is 0.00797. The van der Waals surface area contributed by atoms with Gasteiger partial charge in [0.25, 0.3) is 5.91 Å². The van der Waals surface area contributed by atoms with Crippen LogP contribution in [0.3, 0.4) is 0 Å². The summed E-state index contributed by atoms with van der Waals surface area (Å²) in [4.78, 5) is 25.5. The molecule has 0 spiro atoms. The Morgan fingerprint density at radius 3 is 2.65 bits per heavy atom. The molecule has 1 N–H and O–H groups in total. The molecule has 0 atom stereocenters. The van der Waals surface area contributed by atoms with Crippen LogP contribution in [-0.2, 0) is 0 Å². The largest absolute Gasteiger partial charge is 0.473 e. The number of amides is 1. The molecule has 6 nitrogen and oxygen atoms in total. The van der Waals surface area contributed by atoms with Crippen LogP contribution in [0.25, 0.3) is 0 Å². The van der Waals surface area contributed by atoms with Crippen LogP contribution in [0.5, 0.6) is 5.88 Å². The standard InChI is InChI=1S/C16H20N4O2S/c1-10-15(23-11(2)19-10)16(21)20-12-3-5-13(6-4-12)22-14-9-17-7-8-18-14/h7-9,12-13H,3-6H2,1-2H3,(H,20,21). The third-order valence-electron chi connectivity index (χ3n) is 3.95. The van der Waals surface area contributed by atoms with E-state index in [1.165, 1.54) is 11.3 Å². The highest BCUT2D eigenvalue weighted by molar-refractivity contribution is 7.13. The SMILES string of the molecule is Cc1nc(C)c(C(=O)NC2CCC(Oc3cnccn3)CC2)s1. The zero-order valence-corrected chi connectivity index (χ0v) is 14.1. The van der Waals surface area contributed by atoms with Crippen LogP contribution < -0.4 is 10.1 Å². The smallest absolute Gasteiger partial charge is 0.263 e. The fourth-order valence-corrected chi connectivity index (χ4v) is 3.66. The molecule has 23 heavy (non-hydrogen) atoms. The maximum absolute atomic E-state index is 12.3. The van der Waals surface area contributed by atoms with E-state index >= 15 is 0 Å². The van der Waals surface area contributed by atoms with Gasteiger partial charge < -0.3 is 10.1 Å². The van der Waals surface area contributed by atoms with Crippen molar-refractivity contribution in [2.45, 2.75) is 51.7 Å². The summed E-state index contributed by atoms with van der Waals surface area (Å²) in [7, 11) is 0. The molecule has 1 aliphatic rings. The molecule has 0 radical (unpaired) electrons. The van der Waals surface area contributed by atoms with E-state index in [0.717, 1.165) is 41.3 Å². The summed E-state index contributed by atoms with van der Waals surface area (Å²) in [5.41, 5.74) is 0.810. The van der Waals surface area contributed by atoms with Gasteiger partial charge in [0.2, 0.25) is 5.88 Å². The van der Waals surface area contributed by atoms with Crippen LogP contribution >= 0.6 is 11.3 Å². The van der Waals surface area contributed by atoms with E-state index in [1.54, 1.807) is 18.6 Å². The lowest BCUT2D eigenvalue weighted by Gasteiger charge is -2.29. The lowest BCUT2D eigenvalue weighted by atomic mass is 9.93. The quantitative estimate of drug-likeness (QED) is 0.931. The van der Waals surface area contributed by atoms with Gasteiger partial charge in [-0.15, -0.1) is 11.3 Å². The maximum Gasteiger partial charge on any atom is 0.263 e. The first kappa shape index (κ1) is 15.9. The van der Waals surface area contributed by atoms with Gasteiger partial charge in [0.05, 0.1) is 16.9 Å². The zero-order chi connectivity index (χ0) is 16.2. The second kappa shape index (κ2) is 7.04. The lowest BCUT2D eigenvalue weighted by molar-refractivity contribution is 0.0893. The van der Waals surface area contributed by atoms with Crippen molar-refractivity contribution >= 4 is 17.2 Å². The van der Waals surface area contributed by atoms with Gasteiger partial charge >= 0.3 is 0 Å². The lowest BCUT2D eigenvalue weighted by Crippen LogP contribution is -2.39. The van der Waals surface area contributed by atoms with E-state index in [2.05, 4.69) is 20.3 Å². The molecule has 3 rings (SSSR count). The predicted octanol–water partition coefficient (Wildman–Crippen LogP) is 2.67. The number of aromatic nitrogens is 3. The Balaban J connectivity index is 1.49. The van der Waals surface area contributed by atoms with E-state index in [0.29, 0.717) is 5.88 Å². The topological polar surface area (TPSA) is 77.0 Å². The van der Waals surface area contributed by atoms with Gasteiger partial charge in [-0.25, -0.2) is 9.97 Å². The summed E-state index contributed by atoms with van der Waals surface area (Å²) in [6, 6.07) is 0.200. The molecule has 2 heterocycles. The molecule has 1 fully saturated rings. The summed E-state index contributed by atoms with van der Waals surface area (Å²) in [5.74, 6) is 0.558. The van der Waals surface area contributed by atoms with E-state index < -0.39 is 0 Å². The molecule has 0 aliphatic heterocycles. The van der Waals surface area contributed by atoms with Crippen molar-refractivity contribution in [2.75, 3.05) is 0 Å². The number of thiazole rings is 1. The van der Waals surface area contributed by atoms with Crippen LogP contribution in [0, 0.1) is 13.8 Å². The van der Waals surface area contributed by atoms with Crippen LogP contribution in [0.1, 0.15) is 46.1 Å². The second-order valence-corrected chi connectivity index (χ2v) is 6.96. The number of nitrogens with one attached hydrogen (secondary N) is 1. The summed E-state index contributed by atoms with van der Waals surface area (Å²) in [6.45, 7) is 3.80. The number of ether oxygens (including phenoxy) is 1. The minimum atomic E-state index is -0.00797. The van der Waals surface area contributed by atoms with Gasteiger partial charge in [-0.1, -0.05) is 0 Å². The molecule has 7 heteroatoms. The summed E-state index contributed by atoms with van der Waals surface area (Å²) in [5, 5.41) is 4.05. The molecule has 2 aromatic heterocycles. The van der Waals surface area contributed by atoms with Crippen LogP contribution in [0.2, 0.25) is 0 Å². The number of nitrogens with zero attached hydrogens (tertiary/aromatic N) is 3. The number of aryl methyl sites for hydroxylation is 2. The number of carbonyl (C=O) groups excluding carboxylic acids is 1. The second-order valence-electron chi connectivity index (χ2n) is 5.76. The molecule has 1 amide bonds.